The lowest BCUT2D eigenvalue weighted by Gasteiger charge is -2.28. The standard InChI is InChI=1S/C14H21N3O2/c1-9(10-4-6-15-7-5-10)16-14(18)12-8-13(19-17-12)11-2-3-11/h8-11,15H,2-7H2,1H3,(H,16,18). The van der Waals surface area contributed by atoms with Crippen molar-refractivity contribution in [1.82, 2.24) is 15.8 Å². The number of amides is 1. The van der Waals surface area contributed by atoms with E-state index in [0.717, 1.165) is 44.5 Å². The normalized spacial score (nSPS) is 22.2. The van der Waals surface area contributed by atoms with Gasteiger partial charge in [-0.2, -0.15) is 0 Å². The van der Waals surface area contributed by atoms with E-state index in [2.05, 4.69) is 22.7 Å². The van der Waals surface area contributed by atoms with Crippen molar-refractivity contribution in [1.29, 1.82) is 0 Å². The molecule has 1 saturated carbocycles. The largest absolute Gasteiger partial charge is 0.360 e. The van der Waals surface area contributed by atoms with Crippen molar-refractivity contribution in [3.8, 4) is 0 Å². The first-order valence-electron chi connectivity index (χ1n) is 7.22. The monoisotopic (exact) mass is 263 g/mol. The fourth-order valence-electron chi connectivity index (χ4n) is 2.70. The van der Waals surface area contributed by atoms with Crippen LogP contribution in [0.15, 0.2) is 10.6 Å². The molecule has 2 N–H and O–H groups in total. The van der Waals surface area contributed by atoms with Gasteiger partial charge in [-0.15, -0.1) is 0 Å². The smallest absolute Gasteiger partial charge is 0.273 e. The highest BCUT2D eigenvalue weighted by molar-refractivity contribution is 5.92. The summed E-state index contributed by atoms with van der Waals surface area (Å²) in [4.78, 5) is 12.1. The molecule has 1 aliphatic carbocycles. The third-order valence-corrected chi connectivity index (χ3v) is 4.19. The molecule has 19 heavy (non-hydrogen) atoms. The molecule has 5 heteroatoms. The molecule has 2 heterocycles. The maximum atomic E-state index is 12.1. The molecular formula is C14H21N3O2. The van der Waals surface area contributed by atoms with Gasteiger partial charge in [-0.05, 0) is 51.6 Å². The van der Waals surface area contributed by atoms with Crippen molar-refractivity contribution in [2.75, 3.05) is 13.1 Å². The lowest BCUT2D eigenvalue weighted by Crippen LogP contribution is -2.42. The molecule has 1 aromatic heterocycles. The van der Waals surface area contributed by atoms with Gasteiger partial charge in [0.25, 0.3) is 5.91 Å². The Hall–Kier alpha value is -1.36. The first kappa shape index (κ1) is 12.7. The van der Waals surface area contributed by atoms with E-state index in [4.69, 9.17) is 4.52 Å². The Labute approximate surface area is 113 Å². The first-order chi connectivity index (χ1) is 9.24. The molecule has 5 nitrogen and oxygen atoms in total. The molecule has 2 aliphatic rings. The highest BCUT2D eigenvalue weighted by Gasteiger charge is 2.29. The number of aromatic nitrogens is 1. The fraction of sp³-hybridized carbons (Fsp3) is 0.714. The second kappa shape index (κ2) is 5.33. The highest BCUT2D eigenvalue weighted by atomic mass is 16.5. The van der Waals surface area contributed by atoms with Crippen LogP contribution in [0, 0.1) is 5.92 Å². The number of piperidine rings is 1. The van der Waals surface area contributed by atoms with Crippen molar-refractivity contribution in [3.63, 3.8) is 0 Å². The number of nitrogens with one attached hydrogen (secondary N) is 2. The Balaban J connectivity index is 1.56. The van der Waals surface area contributed by atoms with Gasteiger partial charge in [-0.1, -0.05) is 5.16 Å². The van der Waals surface area contributed by atoms with Gasteiger partial charge in [-0.25, -0.2) is 0 Å². The molecule has 1 aromatic rings. The van der Waals surface area contributed by atoms with Crippen molar-refractivity contribution in [2.45, 2.75) is 44.6 Å². The summed E-state index contributed by atoms with van der Waals surface area (Å²) in [6.07, 6.45) is 4.55. The topological polar surface area (TPSA) is 67.2 Å². The predicted molar refractivity (Wildman–Crippen MR) is 71.0 cm³/mol. The quantitative estimate of drug-likeness (QED) is 0.867. The van der Waals surface area contributed by atoms with Crippen molar-refractivity contribution in [3.05, 3.63) is 17.5 Å². The minimum atomic E-state index is -0.110. The van der Waals surface area contributed by atoms with Crippen LogP contribution in [-0.2, 0) is 0 Å². The molecule has 1 saturated heterocycles. The van der Waals surface area contributed by atoms with Crippen molar-refractivity contribution >= 4 is 5.91 Å². The molecule has 1 unspecified atom stereocenters. The zero-order valence-electron chi connectivity index (χ0n) is 11.3. The van der Waals surface area contributed by atoms with Crippen LogP contribution in [0.3, 0.4) is 0 Å². The minimum absolute atomic E-state index is 0.110. The zero-order valence-corrected chi connectivity index (χ0v) is 11.3. The van der Waals surface area contributed by atoms with E-state index in [1.165, 1.54) is 0 Å². The van der Waals surface area contributed by atoms with Crippen LogP contribution < -0.4 is 10.6 Å². The molecule has 3 rings (SSSR count). The van der Waals surface area contributed by atoms with Gasteiger partial charge in [-0.3, -0.25) is 4.79 Å². The van der Waals surface area contributed by atoms with Crippen LogP contribution >= 0.6 is 0 Å². The van der Waals surface area contributed by atoms with Gasteiger partial charge in [0, 0.05) is 18.0 Å². The van der Waals surface area contributed by atoms with Crippen molar-refractivity contribution < 1.29 is 9.32 Å². The van der Waals surface area contributed by atoms with E-state index >= 15 is 0 Å². The average molecular weight is 263 g/mol. The highest BCUT2D eigenvalue weighted by Crippen LogP contribution is 2.40. The Bertz CT molecular complexity index is 447. The summed E-state index contributed by atoms with van der Waals surface area (Å²) in [6.45, 7) is 4.16. The SMILES string of the molecule is CC(NC(=O)c1cc(C2CC2)on1)C1CCNCC1. The zero-order chi connectivity index (χ0) is 13.2. The van der Waals surface area contributed by atoms with E-state index in [9.17, 15) is 4.79 Å². The van der Waals surface area contributed by atoms with Gasteiger partial charge in [0.05, 0.1) is 0 Å². The van der Waals surface area contributed by atoms with E-state index in [0.29, 0.717) is 17.5 Å². The average Bonchev–Trinajstić information content (AvgIpc) is 3.17. The van der Waals surface area contributed by atoms with Gasteiger partial charge in [0.1, 0.15) is 5.76 Å². The van der Waals surface area contributed by atoms with Gasteiger partial charge in [0.2, 0.25) is 0 Å². The summed E-state index contributed by atoms with van der Waals surface area (Å²) in [6, 6.07) is 1.98. The summed E-state index contributed by atoms with van der Waals surface area (Å²) in [5.41, 5.74) is 0.419. The summed E-state index contributed by atoms with van der Waals surface area (Å²) in [5.74, 6) is 1.80. The van der Waals surface area contributed by atoms with E-state index in [1.54, 1.807) is 6.07 Å². The Morgan fingerprint density at radius 2 is 2.16 bits per heavy atom. The summed E-state index contributed by atoms with van der Waals surface area (Å²) >= 11 is 0. The second-order valence-electron chi connectivity index (χ2n) is 5.74. The number of rotatable bonds is 4. The van der Waals surface area contributed by atoms with Gasteiger partial charge in [0.15, 0.2) is 5.69 Å². The molecule has 0 radical (unpaired) electrons. The van der Waals surface area contributed by atoms with Crippen LogP contribution in [0.5, 0.6) is 0 Å². The Morgan fingerprint density at radius 1 is 1.42 bits per heavy atom. The summed E-state index contributed by atoms with van der Waals surface area (Å²) < 4.78 is 5.22. The van der Waals surface area contributed by atoms with Crippen molar-refractivity contribution in [2.24, 2.45) is 5.92 Å². The second-order valence-corrected chi connectivity index (χ2v) is 5.74. The molecule has 0 spiro atoms. The van der Waals surface area contributed by atoms with Crippen LogP contribution in [0.25, 0.3) is 0 Å². The molecule has 1 amide bonds. The van der Waals surface area contributed by atoms with E-state index in [1.807, 2.05) is 0 Å². The summed E-state index contributed by atoms with van der Waals surface area (Å²) in [5, 5.41) is 10.3. The minimum Gasteiger partial charge on any atom is -0.360 e. The molecule has 1 atom stereocenters. The van der Waals surface area contributed by atoms with E-state index in [-0.39, 0.29) is 11.9 Å². The number of hydrogen-bond acceptors (Lipinski definition) is 4. The number of carbonyl (C=O) groups is 1. The maximum absolute atomic E-state index is 12.1. The number of carbonyl (C=O) groups excluding carboxylic acids is 1. The Kier molecular flexibility index (Phi) is 3.55. The summed E-state index contributed by atoms with van der Waals surface area (Å²) in [7, 11) is 0. The lowest BCUT2D eigenvalue weighted by molar-refractivity contribution is 0.0911. The molecular weight excluding hydrogens is 242 g/mol. The van der Waals surface area contributed by atoms with Gasteiger partial charge >= 0.3 is 0 Å². The third-order valence-electron chi connectivity index (χ3n) is 4.19. The van der Waals surface area contributed by atoms with Gasteiger partial charge < -0.3 is 15.2 Å². The lowest BCUT2D eigenvalue weighted by atomic mass is 9.91. The third kappa shape index (κ3) is 2.97. The van der Waals surface area contributed by atoms with E-state index < -0.39 is 0 Å². The fourth-order valence-corrected chi connectivity index (χ4v) is 2.70. The Morgan fingerprint density at radius 3 is 2.84 bits per heavy atom. The van der Waals surface area contributed by atoms with Crippen LogP contribution in [-0.4, -0.2) is 30.2 Å². The molecule has 104 valence electrons. The number of hydrogen-bond donors (Lipinski definition) is 2. The van der Waals surface area contributed by atoms with Crippen LogP contribution in [0.1, 0.15) is 54.8 Å². The molecule has 2 fully saturated rings. The predicted octanol–water partition coefficient (Wildman–Crippen LogP) is 1.67. The molecule has 1 aliphatic heterocycles. The first-order valence-corrected chi connectivity index (χ1v) is 7.22. The van der Waals surface area contributed by atoms with Crippen LogP contribution in [0.2, 0.25) is 0 Å². The molecule has 0 bridgehead atoms. The number of nitrogens with zero attached hydrogens (tertiary/aromatic N) is 1. The maximum Gasteiger partial charge on any atom is 0.273 e. The van der Waals surface area contributed by atoms with Crippen LogP contribution in [0.4, 0.5) is 0 Å². The molecule has 0 aromatic carbocycles.